The number of hydrogen-bond acceptors (Lipinski definition) is 2. The Kier molecular flexibility index (Phi) is 4.53. The van der Waals surface area contributed by atoms with E-state index in [4.69, 9.17) is 4.74 Å². The van der Waals surface area contributed by atoms with E-state index < -0.39 is 0 Å². The lowest BCUT2D eigenvalue weighted by Crippen LogP contribution is -2.19. The molecule has 0 aliphatic rings. The molecule has 1 rings (SSSR count). The highest BCUT2D eigenvalue weighted by Gasteiger charge is 2.12. The highest BCUT2D eigenvalue weighted by Crippen LogP contribution is 2.22. The van der Waals surface area contributed by atoms with Crippen LogP contribution in [0.3, 0.4) is 0 Å². The largest absolute Gasteiger partial charge is 0.485 e. The number of rotatable bonds is 5. The number of hydrogen-bond donors (Lipinski definition) is 0. The van der Waals surface area contributed by atoms with Crippen molar-refractivity contribution in [2.45, 2.75) is 34.1 Å². The van der Waals surface area contributed by atoms with Crippen molar-refractivity contribution in [2.24, 2.45) is 5.92 Å². The maximum atomic E-state index is 11.6. The topological polar surface area (TPSA) is 26.3 Å². The lowest BCUT2D eigenvalue weighted by atomic mass is 10.0. The summed E-state index contributed by atoms with van der Waals surface area (Å²) in [4.78, 5) is 11.6. The predicted octanol–water partition coefficient (Wildman–Crippen LogP) is 3.30. The van der Waals surface area contributed by atoms with Gasteiger partial charge in [-0.3, -0.25) is 4.79 Å². The van der Waals surface area contributed by atoms with Crippen LogP contribution in [0.15, 0.2) is 18.2 Å². The highest BCUT2D eigenvalue weighted by molar-refractivity contribution is 5.82. The van der Waals surface area contributed by atoms with Crippen LogP contribution in [0.2, 0.25) is 0 Å². The average molecular weight is 220 g/mol. The van der Waals surface area contributed by atoms with Crippen LogP contribution >= 0.6 is 0 Å². The molecule has 0 heterocycles. The third-order valence-electron chi connectivity index (χ3n) is 2.93. The molecule has 0 bridgehead atoms. The predicted molar refractivity (Wildman–Crippen MR) is 65.9 cm³/mol. The molecule has 1 unspecified atom stereocenters. The summed E-state index contributed by atoms with van der Waals surface area (Å²) in [6, 6.07) is 5.99. The molecule has 16 heavy (non-hydrogen) atoms. The van der Waals surface area contributed by atoms with E-state index in [9.17, 15) is 4.79 Å². The number of ether oxygens (including phenoxy) is 1. The number of para-hydroxylation sites is 1. The summed E-state index contributed by atoms with van der Waals surface area (Å²) in [7, 11) is 0. The van der Waals surface area contributed by atoms with Gasteiger partial charge in [-0.1, -0.05) is 32.0 Å². The Labute approximate surface area is 97.6 Å². The van der Waals surface area contributed by atoms with E-state index in [-0.39, 0.29) is 18.3 Å². The molecule has 0 fully saturated rings. The van der Waals surface area contributed by atoms with Crippen molar-refractivity contribution >= 4 is 5.78 Å². The van der Waals surface area contributed by atoms with Crippen LogP contribution in [0, 0.1) is 19.8 Å². The van der Waals surface area contributed by atoms with E-state index in [1.807, 2.05) is 45.9 Å². The third kappa shape index (κ3) is 3.09. The third-order valence-corrected chi connectivity index (χ3v) is 2.93. The van der Waals surface area contributed by atoms with Crippen LogP contribution in [0.25, 0.3) is 0 Å². The summed E-state index contributed by atoms with van der Waals surface area (Å²) in [5.41, 5.74) is 2.16. The Morgan fingerprint density at radius 1 is 1.31 bits per heavy atom. The normalized spacial score (nSPS) is 12.2. The maximum Gasteiger partial charge on any atom is 0.172 e. The second-order valence-corrected chi connectivity index (χ2v) is 4.29. The van der Waals surface area contributed by atoms with Gasteiger partial charge in [0, 0.05) is 5.92 Å². The second-order valence-electron chi connectivity index (χ2n) is 4.29. The zero-order valence-corrected chi connectivity index (χ0v) is 10.5. The van der Waals surface area contributed by atoms with E-state index >= 15 is 0 Å². The summed E-state index contributed by atoms with van der Waals surface area (Å²) in [6.07, 6.45) is 0.870. The fraction of sp³-hybridized carbons (Fsp3) is 0.500. The van der Waals surface area contributed by atoms with Crippen LogP contribution in [-0.2, 0) is 4.79 Å². The minimum absolute atomic E-state index is 0.0873. The Balaban J connectivity index is 2.65. The molecule has 1 aromatic carbocycles. The first kappa shape index (κ1) is 12.8. The molecule has 0 aliphatic carbocycles. The van der Waals surface area contributed by atoms with Gasteiger partial charge in [0.1, 0.15) is 12.4 Å². The van der Waals surface area contributed by atoms with Crippen molar-refractivity contribution in [2.75, 3.05) is 6.61 Å². The Morgan fingerprint density at radius 2 is 1.88 bits per heavy atom. The smallest absolute Gasteiger partial charge is 0.172 e. The lowest BCUT2D eigenvalue weighted by Gasteiger charge is -2.13. The van der Waals surface area contributed by atoms with Crippen LogP contribution in [0.5, 0.6) is 5.75 Å². The first-order valence-corrected chi connectivity index (χ1v) is 5.78. The number of ketones is 1. The molecule has 0 spiro atoms. The quantitative estimate of drug-likeness (QED) is 0.761. The first-order chi connectivity index (χ1) is 7.56. The molecule has 0 amide bonds. The Hall–Kier alpha value is -1.31. The van der Waals surface area contributed by atoms with Gasteiger partial charge in [0.2, 0.25) is 0 Å². The number of Topliss-reactive ketones (excluding diaryl/α,β-unsaturated/α-hetero) is 1. The zero-order chi connectivity index (χ0) is 12.1. The Morgan fingerprint density at radius 3 is 2.38 bits per heavy atom. The summed E-state index contributed by atoms with van der Waals surface area (Å²) in [6.45, 7) is 8.13. The van der Waals surface area contributed by atoms with Crippen LogP contribution < -0.4 is 4.74 Å². The average Bonchev–Trinajstić information content (AvgIpc) is 2.27. The molecule has 0 saturated heterocycles. The fourth-order valence-corrected chi connectivity index (χ4v) is 1.54. The molecule has 1 aromatic rings. The van der Waals surface area contributed by atoms with E-state index in [2.05, 4.69) is 0 Å². The van der Waals surface area contributed by atoms with Gasteiger partial charge in [0.25, 0.3) is 0 Å². The molecular weight excluding hydrogens is 200 g/mol. The molecule has 2 nitrogen and oxygen atoms in total. The van der Waals surface area contributed by atoms with E-state index in [1.165, 1.54) is 0 Å². The van der Waals surface area contributed by atoms with Gasteiger partial charge >= 0.3 is 0 Å². The van der Waals surface area contributed by atoms with E-state index in [0.717, 1.165) is 23.3 Å². The second kappa shape index (κ2) is 5.69. The van der Waals surface area contributed by atoms with Crippen molar-refractivity contribution in [1.29, 1.82) is 0 Å². The first-order valence-electron chi connectivity index (χ1n) is 5.78. The summed E-state index contributed by atoms with van der Waals surface area (Å²) >= 11 is 0. The molecule has 0 aromatic heterocycles. The van der Waals surface area contributed by atoms with Crippen LogP contribution in [0.1, 0.15) is 31.4 Å². The molecule has 2 heteroatoms. The molecule has 0 radical (unpaired) electrons. The van der Waals surface area contributed by atoms with Crippen molar-refractivity contribution in [3.05, 3.63) is 29.3 Å². The number of benzene rings is 1. The minimum Gasteiger partial charge on any atom is -0.485 e. The van der Waals surface area contributed by atoms with Crippen molar-refractivity contribution < 1.29 is 9.53 Å². The highest BCUT2D eigenvalue weighted by atomic mass is 16.5. The van der Waals surface area contributed by atoms with Crippen LogP contribution in [-0.4, -0.2) is 12.4 Å². The summed E-state index contributed by atoms with van der Waals surface area (Å²) in [5, 5.41) is 0. The number of carbonyl (C=O) groups is 1. The standard InChI is InChI=1S/C14H20O2/c1-5-10(2)13(15)9-16-14-11(3)7-6-8-12(14)4/h6-8,10H,5,9H2,1-4H3. The van der Waals surface area contributed by atoms with E-state index in [0.29, 0.717) is 0 Å². The molecule has 1 atom stereocenters. The number of carbonyl (C=O) groups excluding carboxylic acids is 1. The van der Waals surface area contributed by atoms with Gasteiger partial charge in [0.15, 0.2) is 5.78 Å². The minimum atomic E-state index is 0.0873. The van der Waals surface area contributed by atoms with Gasteiger partial charge < -0.3 is 4.74 Å². The fourth-order valence-electron chi connectivity index (χ4n) is 1.54. The SMILES string of the molecule is CCC(C)C(=O)COc1c(C)cccc1C. The van der Waals surface area contributed by atoms with Gasteiger partial charge in [-0.2, -0.15) is 0 Å². The van der Waals surface area contributed by atoms with Crippen molar-refractivity contribution in [3.8, 4) is 5.75 Å². The van der Waals surface area contributed by atoms with Crippen molar-refractivity contribution in [1.82, 2.24) is 0 Å². The van der Waals surface area contributed by atoms with Gasteiger partial charge in [-0.05, 0) is 31.4 Å². The summed E-state index contributed by atoms with van der Waals surface area (Å²) < 4.78 is 5.60. The number of aryl methyl sites for hydroxylation is 2. The zero-order valence-electron chi connectivity index (χ0n) is 10.5. The maximum absolute atomic E-state index is 11.6. The van der Waals surface area contributed by atoms with Gasteiger partial charge in [-0.15, -0.1) is 0 Å². The molecule has 88 valence electrons. The molecule has 0 aliphatic heterocycles. The van der Waals surface area contributed by atoms with Gasteiger partial charge in [-0.25, -0.2) is 0 Å². The van der Waals surface area contributed by atoms with Crippen LogP contribution in [0.4, 0.5) is 0 Å². The lowest BCUT2D eigenvalue weighted by molar-refractivity contribution is -0.124. The Bertz CT molecular complexity index is 349. The van der Waals surface area contributed by atoms with Crippen molar-refractivity contribution in [3.63, 3.8) is 0 Å². The monoisotopic (exact) mass is 220 g/mol. The van der Waals surface area contributed by atoms with E-state index in [1.54, 1.807) is 0 Å². The molecule has 0 N–H and O–H groups in total. The molecular formula is C14H20O2. The van der Waals surface area contributed by atoms with Gasteiger partial charge in [0.05, 0.1) is 0 Å². The molecule has 0 saturated carbocycles. The summed E-state index contributed by atoms with van der Waals surface area (Å²) in [5.74, 6) is 1.11.